The van der Waals surface area contributed by atoms with Crippen LogP contribution in [0.25, 0.3) is 6.08 Å². The fourth-order valence-electron chi connectivity index (χ4n) is 2.85. The molecule has 162 valence electrons. The second-order valence-electron chi connectivity index (χ2n) is 6.65. The fourth-order valence-corrected chi connectivity index (χ4v) is 3.23. The summed E-state index contributed by atoms with van der Waals surface area (Å²) in [6, 6.07) is 21.3. The fraction of sp³-hybridized carbons (Fsp3) is 0.120. The van der Waals surface area contributed by atoms with Crippen LogP contribution >= 0.6 is 23.2 Å². The number of nitriles is 1. The number of amides is 1. The van der Waals surface area contributed by atoms with Gasteiger partial charge in [-0.25, -0.2) is 0 Å². The highest BCUT2D eigenvalue weighted by Gasteiger charge is 2.12. The molecule has 0 unspecified atom stereocenters. The van der Waals surface area contributed by atoms with Gasteiger partial charge in [0.25, 0.3) is 5.91 Å². The van der Waals surface area contributed by atoms with Gasteiger partial charge in [0.2, 0.25) is 0 Å². The molecule has 5 nitrogen and oxygen atoms in total. The molecule has 0 fully saturated rings. The number of halogens is 2. The highest BCUT2D eigenvalue weighted by atomic mass is 35.5. The van der Waals surface area contributed by atoms with Gasteiger partial charge in [-0.3, -0.25) is 4.79 Å². The summed E-state index contributed by atoms with van der Waals surface area (Å²) in [6.45, 7) is 2.57. The third-order valence-electron chi connectivity index (χ3n) is 4.37. The van der Waals surface area contributed by atoms with Gasteiger partial charge in [-0.2, -0.15) is 5.26 Å². The maximum atomic E-state index is 12.5. The number of hydrogen-bond acceptors (Lipinski definition) is 4. The molecule has 3 aromatic rings. The van der Waals surface area contributed by atoms with Crippen molar-refractivity contribution in [3.05, 3.63) is 93.5 Å². The van der Waals surface area contributed by atoms with Crippen LogP contribution in [0.2, 0.25) is 10.0 Å². The van der Waals surface area contributed by atoms with Crippen molar-refractivity contribution in [1.29, 1.82) is 5.26 Å². The first-order chi connectivity index (χ1) is 15.5. The van der Waals surface area contributed by atoms with Crippen LogP contribution in [-0.2, 0) is 11.4 Å². The lowest BCUT2D eigenvalue weighted by Crippen LogP contribution is -2.13. The normalized spacial score (nSPS) is 10.9. The van der Waals surface area contributed by atoms with Crippen molar-refractivity contribution < 1.29 is 14.3 Å². The van der Waals surface area contributed by atoms with Crippen molar-refractivity contribution in [2.75, 3.05) is 11.9 Å². The number of rotatable bonds is 8. The third-order valence-corrected chi connectivity index (χ3v) is 4.97. The minimum atomic E-state index is -0.535. The molecular formula is C25H20Cl2N2O3. The number of carbonyl (C=O) groups is 1. The van der Waals surface area contributed by atoms with Crippen molar-refractivity contribution in [2.45, 2.75) is 13.5 Å². The number of carbonyl (C=O) groups excluding carboxylic acids is 1. The van der Waals surface area contributed by atoms with Gasteiger partial charge in [0.05, 0.1) is 6.61 Å². The molecule has 0 saturated carbocycles. The summed E-state index contributed by atoms with van der Waals surface area (Å²) in [7, 11) is 0. The minimum absolute atomic E-state index is 0.0582. The second kappa shape index (κ2) is 11.2. The zero-order valence-corrected chi connectivity index (χ0v) is 18.8. The largest absolute Gasteiger partial charge is 0.490 e. The Morgan fingerprint density at radius 3 is 2.56 bits per heavy atom. The average Bonchev–Trinajstić information content (AvgIpc) is 2.78. The van der Waals surface area contributed by atoms with E-state index < -0.39 is 5.91 Å². The van der Waals surface area contributed by atoms with E-state index in [4.69, 9.17) is 32.7 Å². The van der Waals surface area contributed by atoms with Crippen molar-refractivity contribution in [1.82, 2.24) is 0 Å². The van der Waals surface area contributed by atoms with Gasteiger partial charge < -0.3 is 14.8 Å². The predicted molar refractivity (Wildman–Crippen MR) is 127 cm³/mol. The van der Waals surface area contributed by atoms with E-state index in [0.717, 1.165) is 5.56 Å². The molecule has 0 atom stereocenters. The van der Waals surface area contributed by atoms with Crippen LogP contribution in [0.3, 0.4) is 0 Å². The van der Waals surface area contributed by atoms with Crippen LogP contribution in [0.5, 0.6) is 11.5 Å². The molecular weight excluding hydrogens is 447 g/mol. The maximum Gasteiger partial charge on any atom is 0.266 e. The summed E-state index contributed by atoms with van der Waals surface area (Å²) >= 11 is 12.1. The van der Waals surface area contributed by atoms with Crippen LogP contribution in [-0.4, -0.2) is 12.5 Å². The Morgan fingerprint density at radius 2 is 1.84 bits per heavy atom. The van der Waals surface area contributed by atoms with Gasteiger partial charge >= 0.3 is 0 Å². The Kier molecular flexibility index (Phi) is 8.15. The zero-order valence-electron chi connectivity index (χ0n) is 17.3. The number of anilines is 1. The van der Waals surface area contributed by atoms with Crippen LogP contribution in [0.4, 0.5) is 5.69 Å². The van der Waals surface area contributed by atoms with Crippen LogP contribution in [0.15, 0.2) is 72.3 Å². The van der Waals surface area contributed by atoms with Gasteiger partial charge in [0, 0.05) is 21.3 Å². The summed E-state index contributed by atoms with van der Waals surface area (Å²) < 4.78 is 11.6. The first kappa shape index (κ1) is 23.2. The predicted octanol–water partition coefficient (Wildman–Crippen LogP) is 6.52. The van der Waals surface area contributed by atoms with Gasteiger partial charge in [-0.05, 0) is 55.0 Å². The van der Waals surface area contributed by atoms with Crippen molar-refractivity contribution in [3.8, 4) is 17.6 Å². The Labute approximate surface area is 196 Å². The lowest BCUT2D eigenvalue weighted by molar-refractivity contribution is -0.112. The number of nitrogens with one attached hydrogen (secondary N) is 1. The SMILES string of the molecule is CCOc1cc(/C=C(/C#N)C(=O)Nc2cccc(Cl)c2)ccc1OCc1ccccc1Cl. The van der Waals surface area contributed by atoms with Gasteiger partial charge in [0.15, 0.2) is 11.5 Å². The number of nitrogens with zero attached hydrogens (tertiary/aromatic N) is 1. The van der Waals surface area contributed by atoms with E-state index in [1.165, 1.54) is 6.08 Å². The Morgan fingerprint density at radius 1 is 1.03 bits per heavy atom. The first-order valence-corrected chi connectivity index (χ1v) is 10.6. The molecule has 0 spiro atoms. The van der Waals surface area contributed by atoms with Gasteiger partial charge in [-0.1, -0.05) is 53.5 Å². The van der Waals surface area contributed by atoms with Gasteiger partial charge in [0.1, 0.15) is 18.2 Å². The average molecular weight is 467 g/mol. The smallest absolute Gasteiger partial charge is 0.266 e. The summed E-state index contributed by atoms with van der Waals surface area (Å²) in [5, 5.41) is 13.3. The quantitative estimate of drug-likeness (QED) is 0.303. The van der Waals surface area contributed by atoms with E-state index in [2.05, 4.69) is 5.32 Å². The Balaban J connectivity index is 1.79. The monoisotopic (exact) mass is 466 g/mol. The van der Waals surface area contributed by atoms with E-state index in [9.17, 15) is 10.1 Å². The molecule has 1 amide bonds. The third kappa shape index (κ3) is 6.27. The molecule has 3 aromatic carbocycles. The molecule has 0 saturated heterocycles. The standard InChI is InChI=1S/C25H20Cl2N2O3/c1-2-31-24-13-17(10-11-23(24)32-16-18-6-3-4-9-22(18)27)12-19(15-28)25(30)29-21-8-5-7-20(26)14-21/h3-14H,2,16H2,1H3,(H,29,30)/b19-12-. The van der Waals surface area contributed by atoms with Gasteiger partial charge in [-0.15, -0.1) is 0 Å². The Hall–Kier alpha value is -3.46. The minimum Gasteiger partial charge on any atom is -0.490 e. The highest BCUT2D eigenvalue weighted by molar-refractivity contribution is 6.31. The van der Waals surface area contributed by atoms with Crippen molar-refractivity contribution in [2.24, 2.45) is 0 Å². The molecule has 0 heterocycles. The molecule has 0 bridgehead atoms. The summed E-state index contributed by atoms with van der Waals surface area (Å²) in [6.07, 6.45) is 1.49. The lowest BCUT2D eigenvalue weighted by atomic mass is 10.1. The second-order valence-corrected chi connectivity index (χ2v) is 7.50. The molecule has 0 radical (unpaired) electrons. The van der Waals surface area contributed by atoms with Crippen molar-refractivity contribution >= 4 is 40.9 Å². The van der Waals surface area contributed by atoms with Crippen LogP contribution in [0.1, 0.15) is 18.1 Å². The molecule has 0 aliphatic heterocycles. The topological polar surface area (TPSA) is 71.3 Å². The van der Waals surface area contributed by atoms with E-state index in [-0.39, 0.29) is 12.2 Å². The number of benzene rings is 3. The molecule has 3 rings (SSSR count). The van der Waals surface area contributed by atoms with Crippen LogP contribution in [0, 0.1) is 11.3 Å². The number of ether oxygens (including phenoxy) is 2. The number of hydrogen-bond donors (Lipinski definition) is 1. The summed E-state index contributed by atoms with van der Waals surface area (Å²) in [5.41, 5.74) is 1.92. The molecule has 7 heteroatoms. The van der Waals surface area contributed by atoms with Crippen LogP contribution < -0.4 is 14.8 Å². The maximum absolute atomic E-state index is 12.5. The van der Waals surface area contributed by atoms with E-state index in [1.807, 2.05) is 31.2 Å². The molecule has 0 aliphatic rings. The zero-order chi connectivity index (χ0) is 22.9. The van der Waals surface area contributed by atoms with E-state index in [0.29, 0.717) is 39.4 Å². The summed E-state index contributed by atoms with van der Waals surface area (Å²) in [5.74, 6) is 0.499. The first-order valence-electron chi connectivity index (χ1n) is 9.82. The lowest BCUT2D eigenvalue weighted by Gasteiger charge is -2.13. The highest BCUT2D eigenvalue weighted by Crippen LogP contribution is 2.31. The molecule has 1 N–H and O–H groups in total. The molecule has 0 aliphatic carbocycles. The molecule has 0 aromatic heterocycles. The summed E-state index contributed by atoms with van der Waals surface area (Å²) in [4.78, 5) is 12.5. The van der Waals surface area contributed by atoms with E-state index in [1.54, 1.807) is 48.5 Å². The molecule has 32 heavy (non-hydrogen) atoms. The Bertz CT molecular complexity index is 1190. The van der Waals surface area contributed by atoms with Crippen molar-refractivity contribution in [3.63, 3.8) is 0 Å². The van der Waals surface area contributed by atoms with E-state index >= 15 is 0 Å².